The monoisotopic (exact) mass is 758 g/mol. The number of carbonyl (C=O) groups is 3. The molecule has 1 aliphatic heterocycles. The van der Waals surface area contributed by atoms with Crippen LogP contribution in [-0.4, -0.2) is 43.7 Å². The van der Waals surface area contributed by atoms with Gasteiger partial charge in [-0.15, -0.1) is 0 Å². The third kappa shape index (κ3) is 10.1. The molecule has 2 atom stereocenters. The third-order valence-corrected chi connectivity index (χ3v) is 10.2. The molecule has 1 aliphatic rings. The molecule has 4 N–H and O–H groups in total. The average molecular weight is 759 g/mol. The fourth-order valence-electron chi connectivity index (χ4n) is 6.91. The van der Waals surface area contributed by atoms with E-state index in [1.165, 1.54) is 6.07 Å². The van der Waals surface area contributed by atoms with Crippen LogP contribution in [-0.2, 0) is 17.9 Å². The Morgan fingerprint density at radius 1 is 0.661 bits per heavy atom. The molecule has 4 heterocycles. The van der Waals surface area contributed by atoms with Crippen molar-refractivity contribution in [2.75, 3.05) is 6.54 Å². The second kappa shape index (κ2) is 18.4. The molecule has 0 spiro atoms. The first-order valence-electron chi connectivity index (χ1n) is 18.8. The minimum Gasteiger partial charge on any atom is -0.348 e. The highest BCUT2D eigenvalue weighted by atomic mass is 16.2. The predicted molar refractivity (Wildman–Crippen MR) is 217 cm³/mol. The molecule has 12 nitrogen and oxygen atoms in total. The molecule has 56 heavy (non-hydrogen) atoms. The number of likely N-dealkylation sites (tertiary alicyclic amines) is 1. The average Bonchev–Trinajstić information content (AvgIpc) is 3.17. The van der Waals surface area contributed by atoms with Gasteiger partial charge in [0.15, 0.2) is 0 Å². The molecule has 1 saturated heterocycles. The Morgan fingerprint density at radius 2 is 1.14 bits per heavy atom. The van der Waals surface area contributed by atoms with Crippen molar-refractivity contribution in [1.82, 2.24) is 30.1 Å². The van der Waals surface area contributed by atoms with Crippen LogP contribution in [0.25, 0.3) is 0 Å². The Balaban J connectivity index is 0.000000214. The number of carbonyl (C=O) groups excluding carboxylic acids is 3. The number of aromatic nitrogens is 3. The maximum Gasteiger partial charge on any atom is 0.253 e. The first kappa shape index (κ1) is 40.9. The van der Waals surface area contributed by atoms with E-state index < -0.39 is 0 Å². The summed E-state index contributed by atoms with van der Waals surface area (Å²) < 4.78 is 1.64. The summed E-state index contributed by atoms with van der Waals surface area (Å²) in [7, 11) is 0. The topological polar surface area (TPSA) is 166 Å². The van der Waals surface area contributed by atoms with Gasteiger partial charge in [0.2, 0.25) is 5.91 Å². The fourth-order valence-corrected chi connectivity index (χ4v) is 6.91. The zero-order chi connectivity index (χ0) is 40.5. The molecule has 0 radical (unpaired) electrons. The molecular weight excluding hydrogens is 709 g/mol. The maximum absolute atomic E-state index is 12.5. The first-order valence-corrected chi connectivity index (χ1v) is 18.8. The second-order valence-electron chi connectivity index (χ2n) is 14.3. The summed E-state index contributed by atoms with van der Waals surface area (Å²) in [6, 6.07) is 23.1. The summed E-state index contributed by atoms with van der Waals surface area (Å²) in [6.45, 7) is 12.5. The van der Waals surface area contributed by atoms with Gasteiger partial charge < -0.3 is 30.1 Å². The van der Waals surface area contributed by atoms with Crippen LogP contribution in [0.15, 0.2) is 99.4 Å². The lowest BCUT2D eigenvalue weighted by molar-refractivity contribution is -0.135. The quantitative estimate of drug-likeness (QED) is 0.143. The molecule has 1 fully saturated rings. The normalized spacial score (nSPS) is 13.6. The zero-order valence-electron chi connectivity index (χ0n) is 32.8. The number of nitrogens with zero attached hydrogens (tertiary/aromatic N) is 2. The van der Waals surface area contributed by atoms with Crippen LogP contribution in [0.5, 0.6) is 0 Å². The molecule has 0 bridgehead atoms. The van der Waals surface area contributed by atoms with E-state index in [-0.39, 0.29) is 59.6 Å². The van der Waals surface area contributed by atoms with Crippen molar-refractivity contribution < 1.29 is 14.4 Å². The van der Waals surface area contributed by atoms with Crippen molar-refractivity contribution in [3.05, 3.63) is 172 Å². The number of rotatable bonds is 10. The number of H-pyrrole nitrogens is 2. The second-order valence-corrected chi connectivity index (χ2v) is 14.3. The van der Waals surface area contributed by atoms with Crippen molar-refractivity contribution in [3.63, 3.8) is 0 Å². The number of hydrogen-bond acceptors (Lipinski definition) is 6. The zero-order valence-corrected chi connectivity index (χ0v) is 32.8. The first-order chi connectivity index (χ1) is 26.7. The highest BCUT2D eigenvalue weighted by Gasteiger charge is 2.24. The molecule has 3 amide bonds. The van der Waals surface area contributed by atoms with Gasteiger partial charge in [0.25, 0.3) is 28.5 Å². The van der Waals surface area contributed by atoms with Crippen LogP contribution < -0.4 is 27.3 Å². The smallest absolute Gasteiger partial charge is 0.253 e. The van der Waals surface area contributed by atoms with Crippen molar-refractivity contribution >= 4 is 17.7 Å². The summed E-state index contributed by atoms with van der Waals surface area (Å²) in [5.74, 6) is -0.289. The molecule has 0 aliphatic carbocycles. The Kier molecular flexibility index (Phi) is 13.4. The Bertz CT molecular complexity index is 2380. The summed E-state index contributed by atoms with van der Waals surface area (Å²) in [6.07, 6.45) is 4.36. The summed E-state index contributed by atoms with van der Waals surface area (Å²) in [5, 5.41) is 5.60. The molecule has 292 valence electrons. The third-order valence-electron chi connectivity index (χ3n) is 10.2. The van der Waals surface area contributed by atoms with Gasteiger partial charge in [0.05, 0.1) is 12.1 Å². The van der Waals surface area contributed by atoms with Gasteiger partial charge in [-0.2, -0.15) is 0 Å². The van der Waals surface area contributed by atoms with E-state index in [1.54, 1.807) is 41.1 Å². The molecule has 5 aromatic rings. The number of aromatic amines is 2. The lowest BCUT2D eigenvalue weighted by Crippen LogP contribution is -2.37. The lowest BCUT2D eigenvalue weighted by Gasteiger charge is -2.32. The van der Waals surface area contributed by atoms with Crippen LogP contribution in [0.1, 0.15) is 111 Å². The highest BCUT2D eigenvalue weighted by molar-refractivity contribution is 5.94. The number of hydrogen-bond donors (Lipinski definition) is 4. The van der Waals surface area contributed by atoms with Crippen molar-refractivity contribution in [2.24, 2.45) is 0 Å². The molecule has 0 saturated carbocycles. The number of nitrogens with one attached hydrogen (secondary N) is 4. The van der Waals surface area contributed by atoms with E-state index in [2.05, 4.69) is 20.6 Å². The summed E-state index contributed by atoms with van der Waals surface area (Å²) >= 11 is 0. The van der Waals surface area contributed by atoms with Crippen molar-refractivity contribution in [3.8, 4) is 0 Å². The Morgan fingerprint density at radius 3 is 1.59 bits per heavy atom. The van der Waals surface area contributed by atoms with Gasteiger partial charge in [-0.3, -0.25) is 28.8 Å². The predicted octanol–water partition coefficient (Wildman–Crippen LogP) is 5.69. The van der Waals surface area contributed by atoms with Crippen LogP contribution in [0.4, 0.5) is 0 Å². The number of pyridine rings is 3. The van der Waals surface area contributed by atoms with Gasteiger partial charge in [0, 0.05) is 72.0 Å². The van der Waals surface area contributed by atoms with Crippen LogP contribution in [0.2, 0.25) is 0 Å². The Hall–Kier alpha value is -6.30. The fraction of sp³-hybridized carbons (Fsp3) is 0.318. The SMILES string of the molecule is Cc1cc(C)c(CNC(=O)c2ccc(C(C)N3CCCCC3=O)cc2)c(=O)[nH]1.Cc1cc(C)c(CNC(=O)c2ccc(C(C)n3ccccc3=O)cc2)c(=O)[nH]1. The van der Waals surface area contributed by atoms with E-state index in [0.717, 1.165) is 53.0 Å². The van der Waals surface area contributed by atoms with E-state index in [4.69, 9.17) is 0 Å². The summed E-state index contributed by atoms with van der Waals surface area (Å²) in [5.41, 5.74) is 6.94. The highest BCUT2D eigenvalue weighted by Crippen LogP contribution is 2.25. The van der Waals surface area contributed by atoms with E-state index in [0.29, 0.717) is 28.7 Å². The van der Waals surface area contributed by atoms with Gasteiger partial charge >= 0.3 is 0 Å². The maximum atomic E-state index is 12.5. The van der Waals surface area contributed by atoms with Gasteiger partial charge in [-0.25, -0.2) is 0 Å². The van der Waals surface area contributed by atoms with Crippen LogP contribution in [0, 0.1) is 27.7 Å². The van der Waals surface area contributed by atoms with Gasteiger partial charge in [0.1, 0.15) is 0 Å². The molecular formula is C44H50N6O6. The summed E-state index contributed by atoms with van der Waals surface area (Å²) in [4.78, 5) is 80.5. The van der Waals surface area contributed by atoms with E-state index >= 15 is 0 Å². The minimum atomic E-state index is -0.254. The number of piperidine rings is 1. The van der Waals surface area contributed by atoms with Crippen molar-refractivity contribution in [2.45, 2.75) is 86.0 Å². The largest absolute Gasteiger partial charge is 0.348 e. The number of aryl methyl sites for hydroxylation is 4. The van der Waals surface area contributed by atoms with Gasteiger partial charge in [-0.05, 0) is 119 Å². The molecule has 2 aromatic carbocycles. The molecule has 2 unspecified atom stereocenters. The lowest BCUT2D eigenvalue weighted by atomic mass is 10.0. The molecule has 3 aromatic heterocycles. The van der Waals surface area contributed by atoms with Crippen molar-refractivity contribution in [1.29, 1.82) is 0 Å². The molecule has 12 heteroatoms. The standard InChI is InChI=1S/C22H27N3O3.C22H23N3O3/c2*1-14-12-15(2)24-22(28)19(14)13-23-21(27)18-9-7-17(8-10-18)16(3)25-11-5-4-6-20(25)26/h7-10,12,16H,4-6,11,13H2,1-3H3,(H,23,27)(H,24,28);4-12,16H,13H2,1-3H3,(H,23,27)(H,24,28). The van der Waals surface area contributed by atoms with E-state index in [9.17, 15) is 28.8 Å². The number of amides is 3. The number of benzene rings is 2. The van der Waals surface area contributed by atoms with Crippen LogP contribution in [0.3, 0.4) is 0 Å². The molecule has 6 rings (SSSR count). The minimum absolute atomic E-state index is 0.00122. The Labute approximate surface area is 326 Å². The van der Waals surface area contributed by atoms with E-state index in [1.807, 2.05) is 88.9 Å². The van der Waals surface area contributed by atoms with Crippen LogP contribution >= 0.6 is 0 Å². The van der Waals surface area contributed by atoms with Gasteiger partial charge in [-0.1, -0.05) is 30.3 Å².